The van der Waals surface area contributed by atoms with Crippen molar-refractivity contribution in [2.75, 3.05) is 13.2 Å². The molecule has 0 spiro atoms. The molecule has 1 heterocycles. The van der Waals surface area contributed by atoms with Crippen molar-refractivity contribution in [1.29, 1.82) is 0 Å². The van der Waals surface area contributed by atoms with E-state index in [0.29, 0.717) is 18.3 Å². The zero-order chi connectivity index (χ0) is 13.9. The van der Waals surface area contributed by atoms with Crippen LogP contribution in [-0.4, -0.2) is 23.7 Å². The van der Waals surface area contributed by atoms with Gasteiger partial charge in [0.2, 0.25) is 0 Å². The summed E-state index contributed by atoms with van der Waals surface area (Å²) in [6.45, 7) is 5.34. The minimum Gasteiger partial charge on any atom is -0.487 e. The summed E-state index contributed by atoms with van der Waals surface area (Å²) in [5, 5.41) is 10.9. The van der Waals surface area contributed by atoms with Gasteiger partial charge in [0.25, 0.3) is 0 Å². The zero-order valence-electron chi connectivity index (χ0n) is 11.3. The molecule has 1 unspecified atom stereocenters. The molecule has 0 radical (unpaired) electrons. The highest BCUT2D eigenvalue weighted by Crippen LogP contribution is 2.31. The van der Waals surface area contributed by atoms with Gasteiger partial charge >= 0.3 is 5.69 Å². The Balaban J connectivity index is 1.97. The molecule has 0 saturated carbocycles. The van der Waals surface area contributed by atoms with E-state index >= 15 is 0 Å². The first-order chi connectivity index (χ1) is 8.98. The zero-order valence-corrected chi connectivity index (χ0v) is 11.3. The second-order valence-corrected chi connectivity index (χ2v) is 5.50. The number of hydrogen-bond acceptors (Lipinski definition) is 4. The van der Waals surface area contributed by atoms with E-state index in [-0.39, 0.29) is 11.3 Å². The Kier molecular flexibility index (Phi) is 4.04. The molecule has 1 fully saturated rings. The topological polar surface area (TPSA) is 61.6 Å². The second kappa shape index (κ2) is 5.57. The van der Waals surface area contributed by atoms with E-state index in [9.17, 15) is 10.1 Å². The normalized spacial score (nSPS) is 21.9. The van der Waals surface area contributed by atoms with Crippen LogP contribution in [-0.2, 0) is 4.74 Å². The van der Waals surface area contributed by atoms with Gasteiger partial charge in [-0.05, 0) is 38.7 Å². The number of benzene rings is 1. The molecule has 0 N–H and O–H groups in total. The standard InChI is InChI=1S/C14H19NO4/c1-14(2)9-11(7-8-19-14)10-18-13-6-4-3-5-12(13)15(16)17/h3-6,11H,7-10H2,1-2H3. The van der Waals surface area contributed by atoms with Crippen molar-refractivity contribution >= 4 is 5.69 Å². The van der Waals surface area contributed by atoms with Gasteiger partial charge in [0.1, 0.15) is 0 Å². The average molecular weight is 265 g/mol. The number of nitro groups is 1. The monoisotopic (exact) mass is 265 g/mol. The summed E-state index contributed by atoms with van der Waals surface area (Å²) in [6.07, 6.45) is 1.84. The van der Waals surface area contributed by atoms with Crippen molar-refractivity contribution in [3.63, 3.8) is 0 Å². The van der Waals surface area contributed by atoms with E-state index in [0.717, 1.165) is 19.4 Å². The lowest BCUT2D eigenvalue weighted by atomic mass is 9.89. The van der Waals surface area contributed by atoms with Gasteiger partial charge in [-0.2, -0.15) is 0 Å². The summed E-state index contributed by atoms with van der Waals surface area (Å²) in [4.78, 5) is 10.5. The summed E-state index contributed by atoms with van der Waals surface area (Å²) in [7, 11) is 0. The first kappa shape index (κ1) is 13.8. The molecule has 1 aliphatic rings. The lowest BCUT2D eigenvalue weighted by molar-refractivity contribution is -0.385. The Labute approximate surface area is 112 Å². The summed E-state index contributed by atoms with van der Waals surface area (Å²) >= 11 is 0. The lowest BCUT2D eigenvalue weighted by Crippen LogP contribution is -2.36. The number of nitro benzene ring substituents is 1. The van der Waals surface area contributed by atoms with E-state index in [2.05, 4.69) is 13.8 Å². The quantitative estimate of drug-likeness (QED) is 0.619. The molecule has 1 aromatic rings. The highest BCUT2D eigenvalue weighted by molar-refractivity contribution is 5.45. The van der Waals surface area contributed by atoms with Crippen molar-refractivity contribution in [3.05, 3.63) is 34.4 Å². The predicted octanol–water partition coefficient (Wildman–Crippen LogP) is 3.18. The molecule has 0 aromatic heterocycles. The molecule has 104 valence electrons. The second-order valence-electron chi connectivity index (χ2n) is 5.50. The number of ether oxygens (including phenoxy) is 2. The van der Waals surface area contributed by atoms with Crippen molar-refractivity contribution in [1.82, 2.24) is 0 Å². The molecule has 1 aromatic carbocycles. The molecule has 1 aliphatic heterocycles. The van der Waals surface area contributed by atoms with Crippen LogP contribution in [0.3, 0.4) is 0 Å². The van der Waals surface area contributed by atoms with Gasteiger partial charge in [0, 0.05) is 12.7 Å². The number of rotatable bonds is 4. The first-order valence-corrected chi connectivity index (χ1v) is 6.48. The van der Waals surface area contributed by atoms with E-state index in [1.807, 2.05) is 0 Å². The number of para-hydroxylation sites is 2. The molecule has 0 bridgehead atoms. The minimum atomic E-state index is -0.413. The maximum Gasteiger partial charge on any atom is 0.310 e. The van der Waals surface area contributed by atoms with Crippen LogP contribution >= 0.6 is 0 Å². The van der Waals surface area contributed by atoms with E-state index in [1.165, 1.54) is 6.07 Å². The third-order valence-electron chi connectivity index (χ3n) is 3.34. The molecule has 1 atom stereocenters. The predicted molar refractivity (Wildman–Crippen MR) is 71.3 cm³/mol. The van der Waals surface area contributed by atoms with E-state index < -0.39 is 4.92 Å². The van der Waals surface area contributed by atoms with Crippen LogP contribution in [0.4, 0.5) is 5.69 Å². The molecule has 0 aliphatic carbocycles. The molecular formula is C14H19NO4. The molecule has 0 amide bonds. The van der Waals surface area contributed by atoms with Crippen molar-refractivity contribution in [2.24, 2.45) is 5.92 Å². The van der Waals surface area contributed by atoms with Gasteiger partial charge in [-0.15, -0.1) is 0 Å². The van der Waals surface area contributed by atoms with Gasteiger partial charge in [0.05, 0.1) is 17.1 Å². The van der Waals surface area contributed by atoms with Crippen LogP contribution in [0.2, 0.25) is 0 Å². The van der Waals surface area contributed by atoms with Crippen molar-refractivity contribution < 1.29 is 14.4 Å². The Bertz CT molecular complexity index is 459. The SMILES string of the molecule is CC1(C)CC(COc2ccccc2[N+](=O)[O-])CCO1. The smallest absolute Gasteiger partial charge is 0.310 e. The fourth-order valence-electron chi connectivity index (χ4n) is 2.44. The fraction of sp³-hybridized carbons (Fsp3) is 0.571. The van der Waals surface area contributed by atoms with Crippen LogP contribution in [0.5, 0.6) is 5.75 Å². The Hall–Kier alpha value is -1.62. The third-order valence-corrected chi connectivity index (χ3v) is 3.34. The molecule has 5 nitrogen and oxygen atoms in total. The summed E-state index contributed by atoms with van der Waals surface area (Å²) in [5.41, 5.74) is -0.108. The van der Waals surface area contributed by atoms with Crippen LogP contribution in [0.25, 0.3) is 0 Å². The largest absolute Gasteiger partial charge is 0.487 e. The summed E-state index contributed by atoms with van der Waals surface area (Å²) in [6, 6.07) is 6.49. The summed E-state index contributed by atoms with van der Waals surface area (Å²) < 4.78 is 11.3. The van der Waals surface area contributed by atoms with Crippen LogP contribution in [0, 0.1) is 16.0 Å². The van der Waals surface area contributed by atoms with Gasteiger partial charge < -0.3 is 9.47 Å². The number of nitrogens with zero attached hydrogens (tertiary/aromatic N) is 1. The molecule has 1 saturated heterocycles. The first-order valence-electron chi connectivity index (χ1n) is 6.48. The van der Waals surface area contributed by atoms with Crippen LogP contribution < -0.4 is 4.74 Å². The molecule has 19 heavy (non-hydrogen) atoms. The fourth-order valence-corrected chi connectivity index (χ4v) is 2.44. The van der Waals surface area contributed by atoms with E-state index in [1.54, 1.807) is 18.2 Å². The highest BCUT2D eigenvalue weighted by Gasteiger charge is 2.29. The highest BCUT2D eigenvalue weighted by atomic mass is 16.6. The Morgan fingerprint density at radius 1 is 1.47 bits per heavy atom. The Morgan fingerprint density at radius 2 is 2.21 bits per heavy atom. The van der Waals surface area contributed by atoms with Crippen LogP contribution in [0.15, 0.2) is 24.3 Å². The van der Waals surface area contributed by atoms with Gasteiger partial charge in [0.15, 0.2) is 5.75 Å². The molecule has 5 heteroatoms. The lowest BCUT2D eigenvalue weighted by Gasteiger charge is -2.35. The number of hydrogen-bond donors (Lipinski definition) is 0. The Morgan fingerprint density at radius 3 is 2.89 bits per heavy atom. The van der Waals surface area contributed by atoms with E-state index in [4.69, 9.17) is 9.47 Å². The van der Waals surface area contributed by atoms with Crippen LogP contribution in [0.1, 0.15) is 26.7 Å². The van der Waals surface area contributed by atoms with Gasteiger partial charge in [-0.1, -0.05) is 12.1 Å². The van der Waals surface area contributed by atoms with Gasteiger partial charge in [-0.25, -0.2) is 0 Å². The van der Waals surface area contributed by atoms with Gasteiger partial charge in [-0.3, -0.25) is 10.1 Å². The molecule has 2 rings (SSSR count). The summed E-state index contributed by atoms with van der Waals surface area (Å²) in [5.74, 6) is 0.723. The minimum absolute atomic E-state index is 0.0221. The maximum absolute atomic E-state index is 10.9. The van der Waals surface area contributed by atoms with Crippen molar-refractivity contribution in [3.8, 4) is 5.75 Å². The average Bonchev–Trinajstić information content (AvgIpc) is 2.35. The van der Waals surface area contributed by atoms with Crippen molar-refractivity contribution in [2.45, 2.75) is 32.3 Å². The molecular weight excluding hydrogens is 246 g/mol. The maximum atomic E-state index is 10.9. The third kappa shape index (κ3) is 3.67.